The third-order valence-corrected chi connectivity index (χ3v) is 3.51. The number of halogens is 1. The molecule has 0 unspecified atom stereocenters. The van der Waals surface area contributed by atoms with E-state index in [1.54, 1.807) is 24.3 Å². The Kier molecular flexibility index (Phi) is 6.38. The Hall–Kier alpha value is -2.11. The molecule has 2 rings (SSSR count). The molecule has 6 heteroatoms. The Morgan fingerprint density at radius 2 is 1.78 bits per heavy atom. The van der Waals surface area contributed by atoms with Crippen LogP contribution in [-0.2, 0) is 11.2 Å². The summed E-state index contributed by atoms with van der Waals surface area (Å²) in [6, 6.07) is 14.6. The first-order valence-corrected chi connectivity index (χ1v) is 7.93. The van der Waals surface area contributed by atoms with Gasteiger partial charge in [-0.15, -0.1) is 0 Å². The van der Waals surface area contributed by atoms with Crippen molar-refractivity contribution in [1.29, 1.82) is 0 Å². The van der Waals surface area contributed by atoms with Crippen LogP contribution in [0.15, 0.2) is 48.5 Å². The number of anilines is 1. The predicted octanol–water partition coefficient (Wildman–Crippen LogP) is 3.79. The van der Waals surface area contributed by atoms with E-state index in [2.05, 4.69) is 17.6 Å². The zero-order chi connectivity index (χ0) is 16.7. The molecule has 0 fully saturated rings. The van der Waals surface area contributed by atoms with E-state index in [1.165, 1.54) is 5.56 Å². The molecular formula is C17H17ClN2O2S. The van der Waals surface area contributed by atoms with Gasteiger partial charge >= 0.3 is 0 Å². The number of hydrogen-bond donors (Lipinski definition) is 2. The van der Waals surface area contributed by atoms with Crippen LogP contribution < -0.4 is 15.4 Å². The summed E-state index contributed by atoms with van der Waals surface area (Å²) in [5, 5.41) is 6.30. The molecule has 23 heavy (non-hydrogen) atoms. The summed E-state index contributed by atoms with van der Waals surface area (Å²) < 4.78 is 5.42. The molecular weight excluding hydrogens is 332 g/mol. The lowest BCUT2D eigenvalue weighted by molar-refractivity contribution is -0.121. The Balaban J connectivity index is 1.77. The van der Waals surface area contributed by atoms with Gasteiger partial charge in [-0.3, -0.25) is 10.1 Å². The van der Waals surface area contributed by atoms with Crippen LogP contribution in [0.4, 0.5) is 5.69 Å². The number of benzene rings is 2. The number of carbonyl (C=O) groups excluding carboxylic acids is 1. The van der Waals surface area contributed by atoms with Crippen molar-refractivity contribution in [3.8, 4) is 5.75 Å². The lowest BCUT2D eigenvalue weighted by Gasteiger charge is -2.10. The minimum Gasteiger partial charge on any atom is -0.484 e. The maximum absolute atomic E-state index is 11.8. The summed E-state index contributed by atoms with van der Waals surface area (Å²) in [6.45, 7) is 1.98. The lowest BCUT2D eigenvalue weighted by Crippen LogP contribution is -2.37. The fourth-order valence-electron chi connectivity index (χ4n) is 1.83. The predicted molar refractivity (Wildman–Crippen MR) is 97.1 cm³/mol. The van der Waals surface area contributed by atoms with Crippen molar-refractivity contribution < 1.29 is 9.53 Å². The van der Waals surface area contributed by atoms with Crippen molar-refractivity contribution in [2.75, 3.05) is 11.9 Å². The van der Waals surface area contributed by atoms with E-state index in [0.717, 1.165) is 12.1 Å². The average Bonchev–Trinajstić information content (AvgIpc) is 2.55. The molecule has 0 saturated heterocycles. The van der Waals surface area contributed by atoms with Gasteiger partial charge in [-0.25, -0.2) is 0 Å². The van der Waals surface area contributed by atoms with Crippen LogP contribution in [0.5, 0.6) is 5.75 Å². The summed E-state index contributed by atoms with van der Waals surface area (Å²) in [7, 11) is 0. The second-order valence-corrected chi connectivity index (χ2v) is 5.64. The molecule has 120 valence electrons. The first kappa shape index (κ1) is 17.2. The zero-order valence-electron chi connectivity index (χ0n) is 12.6. The van der Waals surface area contributed by atoms with Crippen LogP contribution >= 0.6 is 23.8 Å². The Morgan fingerprint density at radius 1 is 1.13 bits per heavy atom. The number of amides is 1. The highest BCUT2D eigenvalue weighted by Gasteiger charge is 2.06. The van der Waals surface area contributed by atoms with E-state index in [9.17, 15) is 4.79 Å². The highest BCUT2D eigenvalue weighted by Crippen LogP contribution is 2.13. The van der Waals surface area contributed by atoms with Crippen molar-refractivity contribution in [2.45, 2.75) is 13.3 Å². The van der Waals surface area contributed by atoms with E-state index in [1.807, 2.05) is 24.3 Å². The molecule has 2 N–H and O–H groups in total. The quantitative estimate of drug-likeness (QED) is 0.807. The minimum atomic E-state index is -0.323. The average molecular weight is 349 g/mol. The number of aryl methyl sites for hydroxylation is 1. The topological polar surface area (TPSA) is 50.4 Å². The molecule has 0 aliphatic carbocycles. The maximum Gasteiger partial charge on any atom is 0.264 e. The van der Waals surface area contributed by atoms with E-state index in [0.29, 0.717) is 10.8 Å². The summed E-state index contributed by atoms with van der Waals surface area (Å²) in [4.78, 5) is 11.8. The third kappa shape index (κ3) is 5.88. The first-order valence-electron chi connectivity index (χ1n) is 7.15. The van der Waals surface area contributed by atoms with Gasteiger partial charge in [0, 0.05) is 10.7 Å². The van der Waals surface area contributed by atoms with Gasteiger partial charge in [0.05, 0.1) is 0 Å². The van der Waals surface area contributed by atoms with Crippen molar-refractivity contribution in [3.05, 3.63) is 59.1 Å². The van der Waals surface area contributed by atoms with Crippen LogP contribution in [0, 0.1) is 0 Å². The monoisotopic (exact) mass is 348 g/mol. The van der Waals surface area contributed by atoms with E-state index >= 15 is 0 Å². The van der Waals surface area contributed by atoms with Gasteiger partial charge in [0.2, 0.25) is 0 Å². The van der Waals surface area contributed by atoms with Crippen LogP contribution in [0.3, 0.4) is 0 Å². The minimum absolute atomic E-state index is 0.103. The molecule has 0 aromatic heterocycles. The smallest absolute Gasteiger partial charge is 0.264 e. The number of hydrogen-bond acceptors (Lipinski definition) is 3. The maximum atomic E-state index is 11.8. The summed E-state index contributed by atoms with van der Waals surface area (Å²) in [5.41, 5.74) is 1.96. The molecule has 0 spiro atoms. The van der Waals surface area contributed by atoms with Gasteiger partial charge in [-0.2, -0.15) is 0 Å². The molecule has 1 amide bonds. The molecule has 0 saturated carbocycles. The first-order chi connectivity index (χ1) is 11.1. The van der Waals surface area contributed by atoms with Crippen LogP contribution in [-0.4, -0.2) is 17.6 Å². The highest BCUT2D eigenvalue weighted by atomic mass is 35.5. The van der Waals surface area contributed by atoms with Gasteiger partial charge in [0.15, 0.2) is 11.7 Å². The highest BCUT2D eigenvalue weighted by molar-refractivity contribution is 7.80. The molecule has 0 bridgehead atoms. The standard InChI is InChI=1S/C17H17ClN2O2S/c1-2-12-3-9-15(10-4-12)22-11-16(21)20-17(23)19-14-7-5-13(18)6-8-14/h3-10H,2,11H2,1H3,(H2,19,20,21,23). The Bertz CT molecular complexity index is 672. The third-order valence-electron chi connectivity index (χ3n) is 3.06. The molecule has 2 aromatic rings. The second-order valence-electron chi connectivity index (χ2n) is 4.80. The molecule has 0 heterocycles. The van der Waals surface area contributed by atoms with Crippen molar-refractivity contribution in [2.24, 2.45) is 0 Å². The zero-order valence-corrected chi connectivity index (χ0v) is 14.2. The van der Waals surface area contributed by atoms with Gasteiger partial charge in [-0.05, 0) is 60.6 Å². The molecule has 0 aliphatic heterocycles. The lowest BCUT2D eigenvalue weighted by atomic mass is 10.2. The van der Waals surface area contributed by atoms with Gasteiger partial charge < -0.3 is 10.1 Å². The van der Waals surface area contributed by atoms with Crippen LogP contribution in [0.25, 0.3) is 0 Å². The molecule has 0 aliphatic rings. The number of ether oxygens (including phenoxy) is 1. The summed E-state index contributed by atoms with van der Waals surface area (Å²) in [5.74, 6) is 0.324. The van der Waals surface area contributed by atoms with Gasteiger partial charge in [-0.1, -0.05) is 30.7 Å². The fraction of sp³-hybridized carbons (Fsp3) is 0.176. The summed E-state index contributed by atoms with van der Waals surface area (Å²) >= 11 is 10.9. The van der Waals surface area contributed by atoms with Crippen molar-refractivity contribution in [3.63, 3.8) is 0 Å². The van der Waals surface area contributed by atoms with Crippen LogP contribution in [0.1, 0.15) is 12.5 Å². The number of rotatable bonds is 5. The van der Waals surface area contributed by atoms with Gasteiger partial charge in [0.1, 0.15) is 5.75 Å². The number of thiocarbonyl (C=S) groups is 1. The number of nitrogens with one attached hydrogen (secondary N) is 2. The molecule has 2 aromatic carbocycles. The van der Waals surface area contributed by atoms with E-state index in [4.69, 9.17) is 28.6 Å². The molecule has 4 nitrogen and oxygen atoms in total. The van der Waals surface area contributed by atoms with Crippen molar-refractivity contribution >= 4 is 40.5 Å². The number of carbonyl (C=O) groups is 1. The normalized spacial score (nSPS) is 10.0. The second kappa shape index (κ2) is 8.50. The Labute approximate surface area is 145 Å². The van der Waals surface area contributed by atoms with Crippen LogP contribution in [0.2, 0.25) is 5.02 Å². The van der Waals surface area contributed by atoms with E-state index in [-0.39, 0.29) is 17.6 Å². The van der Waals surface area contributed by atoms with Gasteiger partial charge in [0.25, 0.3) is 5.91 Å². The van der Waals surface area contributed by atoms with E-state index < -0.39 is 0 Å². The fourth-order valence-corrected chi connectivity index (χ4v) is 2.19. The Morgan fingerprint density at radius 3 is 2.39 bits per heavy atom. The summed E-state index contributed by atoms with van der Waals surface area (Å²) in [6.07, 6.45) is 0.964. The SMILES string of the molecule is CCc1ccc(OCC(=O)NC(=S)Nc2ccc(Cl)cc2)cc1. The molecule has 0 radical (unpaired) electrons. The molecule has 0 atom stereocenters. The largest absolute Gasteiger partial charge is 0.484 e. The van der Waals surface area contributed by atoms with Crippen molar-refractivity contribution in [1.82, 2.24) is 5.32 Å².